The summed E-state index contributed by atoms with van der Waals surface area (Å²) in [7, 11) is -0.748. The van der Waals surface area contributed by atoms with E-state index in [2.05, 4.69) is 36.5 Å². The van der Waals surface area contributed by atoms with Gasteiger partial charge in [0.1, 0.15) is 0 Å². The summed E-state index contributed by atoms with van der Waals surface area (Å²) >= 11 is 0. The van der Waals surface area contributed by atoms with E-state index in [9.17, 15) is 4.21 Å². The van der Waals surface area contributed by atoms with Crippen molar-refractivity contribution >= 4 is 10.8 Å². The number of hydrogen-bond acceptors (Lipinski definition) is 2. The topological polar surface area (TPSA) is 29.1 Å². The minimum atomic E-state index is -0.748. The predicted molar refractivity (Wildman–Crippen MR) is 71.0 cm³/mol. The van der Waals surface area contributed by atoms with Crippen molar-refractivity contribution in [2.45, 2.75) is 31.6 Å². The fourth-order valence-corrected chi connectivity index (χ4v) is 1.94. The van der Waals surface area contributed by atoms with Gasteiger partial charge in [-0.3, -0.25) is 4.21 Å². The van der Waals surface area contributed by atoms with E-state index < -0.39 is 10.8 Å². The van der Waals surface area contributed by atoms with Crippen LogP contribution in [0.1, 0.15) is 31.9 Å². The quantitative estimate of drug-likeness (QED) is 0.826. The van der Waals surface area contributed by atoms with E-state index in [0.29, 0.717) is 6.04 Å². The van der Waals surface area contributed by atoms with Gasteiger partial charge < -0.3 is 5.32 Å². The molecule has 0 amide bonds. The van der Waals surface area contributed by atoms with Gasteiger partial charge in [0.2, 0.25) is 0 Å². The van der Waals surface area contributed by atoms with Gasteiger partial charge in [-0.2, -0.15) is 0 Å². The molecule has 3 heteroatoms. The SMILES string of the molecule is CCC(NCC(C)S(C)=O)c1ccccc1. The molecule has 0 spiro atoms. The maximum atomic E-state index is 11.3. The molecule has 1 rings (SSSR count). The molecule has 0 bridgehead atoms. The average Bonchev–Trinajstić information content (AvgIpc) is 2.30. The summed E-state index contributed by atoms with van der Waals surface area (Å²) in [6.45, 7) is 4.98. The molecule has 0 saturated carbocycles. The minimum absolute atomic E-state index is 0.206. The smallest absolute Gasteiger partial charge is 0.0441 e. The highest BCUT2D eigenvalue weighted by atomic mass is 32.2. The van der Waals surface area contributed by atoms with Crippen LogP contribution in [-0.2, 0) is 10.8 Å². The predicted octanol–water partition coefficient (Wildman–Crippen LogP) is 2.49. The molecule has 0 aliphatic heterocycles. The Morgan fingerprint density at radius 2 is 1.94 bits per heavy atom. The Bertz CT molecular complexity index is 326. The Morgan fingerprint density at radius 1 is 1.31 bits per heavy atom. The summed E-state index contributed by atoms with van der Waals surface area (Å²) in [5, 5.41) is 3.68. The first-order valence-electron chi connectivity index (χ1n) is 5.75. The van der Waals surface area contributed by atoms with Gasteiger partial charge in [0.05, 0.1) is 0 Å². The zero-order chi connectivity index (χ0) is 12.0. The lowest BCUT2D eigenvalue weighted by Crippen LogP contribution is -2.30. The van der Waals surface area contributed by atoms with Crippen molar-refractivity contribution in [3.8, 4) is 0 Å². The van der Waals surface area contributed by atoms with Crippen molar-refractivity contribution in [1.29, 1.82) is 0 Å². The van der Waals surface area contributed by atoms with E-state index in [1.165, 1.54) is 5.56 Å². The molecule has 90 valence electrons. The monoisotopic (exact) mass is 239 g/mol. The van der Waals surface area contributed by atoms with Gasteiger partial charge in [-0.25, -0.2) is 0 Å². The first kappa shape index (κ1) is 13.4. The van der Waals surface area contributed by atoms with Crippen molar-refractivity contribution in [2.75, 3.05) is 12.8 Å². The molecule has 0 aromatic heterocycles. The standard InChI is InChI=1S/C13H21NOS/c1-4-13(12-8-6-5-7-9-12)14-10-11(2)16(3)15/h5-9,11,13-14H,4,10H2,1-3H3. The van der Waals surface area contributed by atoms with Crippen molar-refractivity contribution in [3.05, 3.63) is 35.9 Å². The highest BCUT2D eigenvalue weighted by molar-refractivity contribution is 7.84. The van der Waals surface area contributed by atoms with Gasteiger partial charge in [-0.1, -0.05) is 37.3 Å². The van der Waals surface area contributed by atoms with E-state index in [0.717, 1.165) is 13.0 Å². The van der Waals surface area contributed by atoms with Gasteiger partial charge in [0, 0.05) is 34.9 Å². The summed E-state index contributed by atoms with van der Waals surface area (Å²) < 4.78 is 11.3. The van der Waals surface area contributed by atoms with Gasteiger partial charge in [0.25, 0.3) is 0 Å². The van der Waals surface area contributed by atoms with Crippen LogP contribution >= 0.6 is 0 Å². The van der Waals surface area contributed by atoms with Crippen LogP contribution in [0, 0.1) is 0 Å². The maximum absolute atomic E-state index is 11.3. The highest BCUT2D eigenvalue weighted by Crippen LogP contribution is 2.15. The lowest BCUT2D eigenvalue weighted by molar-refractivity contribution is 0.519. The lowest BCUT2D eigenvalue weighted by Gasteiger charge is -2.19. The maximum Gasteiger partial charge on any atom is 0.0441 e. The van der Waals surface area contributed by atoms with Crippen LogP contribution in [0.4, 0.5) is 0 Å². The molecule has 0 fully saturated rings. The second-order valence-corrected chi connectivity index (χ2v) is 5.89. The number of benzene rings is 1. The lowest BCUT2D eigenvalue weighted by atomic mass is 10.0. The molecule has 3 unspecified atom stereocenters. The fraction of sp³-hybridized carbons (Fsp3) is 0.538. The van der Waals surface area contributed by atoms with Crippen molar-refractivity contribution in [2.24, 2.45) is 0 Å². The molecule has 2 nitrogen and oxygen atoms in total. The molecule has 0 aliphatic rings. The first-order valence-corrected chi connectivity index (χ1v) is 7.37. The molecule has 1 aromatic carbocycles. The normalized spacial score (nSPS) is 16.7. The molecule has 16 heavy (non-hydrogen) atoms. The van der Waals surface area contributed by atoms with E-state index in [1.54, 1.807) is 6.26 Å². The third kappa shape index (κ3) is 4.06. The Morgan fingerprint density at radius 3 is 2.44 bits per heavy atom. The third-order valence-corrected chi connectivity index (χ3v) is 4.13. The molecular weight excluding hydrogens is 218 g/mol. The largest absolute Gasteiger partial charge is 0.309 e. The third-order valence-electron chi connectivity index (χ3n) is 2.83. The van der Waals surface area contributed by atoms with Crippen LogP contribution in [0.3, 0.4) is 0 Å². The number of nitrogens with one attached hydrogen (secondary N) is 1. The van der Waals surface area contributed by atoms with Gasteiger partial charge in [-0.15, -0.1) is 0 Å². The van der Waals surface area contributed by atoms with Crippen molar-refractivity contribution in [3.63, 3.8) is 0 Å². The Labute approximate surface area is 101 Å². The van der Waals surface area contributed by atoms with Crippen molar-refractivity contribution < 1.29 is 4.21 Å². The molecule has 1 aromatic rings. The van der Waals surface area contributed by atoms with Crippen LogP contribution in [0.25, 0.3) is 0 Å². The van der Waals surface area contributed by atoms with E-state index >= 15 is 0 Å². The van der Waals surface area contributed by atoms with Crippen LogP contribution in [0.5, 0.6) is 0 Å². The molecule has 0 radical (unpaired) electrons. The highest BCUT2D eigenvalue weighted by Gasteiger charge is 2.11. The minimum Gasteiger partial charge on any atom is -0.309 e. The van der Waals surface area contributed by atoms with E-state index in [4.69, 9.17) is 0 Å². The molecule has 0 aliphatic carbocycles. The molecule has 0 saturated heterocycles. The zero-order valence-corrected chi connectivity index (χ0v) is 11.1. The zero-order valence-electron chi connectivity index (χ0n) is 10.3. The van der Waals surface area contributed by atoms with Crippen LogP contribution < -0.4 is 5.32 Å². The molecule has 1 N–H and O–H groups in total. The van der Waals surface area contributed by atoms with E-state index in [1.807, 2.05) is 13.0 Å². The Hall–Kier alpha value is -0.670. The number of rotatable bonds is 6. The van der Waals surface area contributed by atoms with Crippen LogP contribution in [0.15, 0.2) is 30.3 Å². The van der Waals surface area contributed by atoms with Gasteiger partial charge >= 0.3 is 0 Å². The first-order chi connectivity index (χ1) is 7.65. The summed E-state index contributed by atoms with van der Waals surface area (Å²) in [4.78, 5) is 0. The summed E-state index contributed by atoms with van der Waals surface area (Å²) in [5.74, 6) is 0. The fourth-order valence-electron chi connectivity index (χ4n) is 1.61. The molecular formula is C13H21NOS. The van der Waals surface area contributed by atoms with Crippen molar-refractivity contribution in [1.82, 2.24) is 5.32 Å². The summed E-state index contributed by atoms with van der Waals surface area (Å²) in [6, 6.07) is 10.8. The molecule has 0 heterocycles. The number of hydrogen-bond donors (Lipinski definition) is 1. The Balaban J connectivity index is 2.53. The van der Waals surface area contributed by atoms with Gasteiger partial charge in [-0.05, 0) is 18.9 Å². The van der Waals surface area contributed by atoms with E-state index in [-0.39, 0.29) is 5.25 Å². The average molecular weight is 239 g/mol. The second kappa shape index (κ2) is 6.81. The second-order valence-electron chi connectivity index (χ2n) is 4.09. The summed E-state index contributed by atoms with van der Waals surface area (Å²) in [5.41, 5.74) is 1.30. The molecule has 3 atom stereocenters. The summed E-state index contributed by atoms with van der Waals surface area (Å²) in [6.07, 6.45) is 2.81. The van der Waals surface area contributed by atoms with Crippen LogP contribution in [-0.4, -0.2) is 22.3 Å². The van der Waals surface area contributed by atoms with Crippen LogP contribution in [0.2, 0.25) is 0 Å². The Kier molecular flexibility index (Phi) is 5.71. The van der Waals surface area contributed by atoms with Gasteiger partial charge in [0.15, 0.2) is 0 Å².